The zero-order chi connectivity index (χ0) is 58.9. The van der Waals surface area contributed by atoms with Crippen LogP contribution in [-0.4, -0.2) is 89.2 Å². The van der Waals surface area contributed by atoms with E-state index in [1.165, 1.54) is 193 Å². The van der Waals surface area contributed by atoms with E-state index in [4.69, 9.17) is 23.7 Å². The van der Waals surface area contributed by atoms with Crippen molar-refractivity contribution in [2.24, 2.45) is 0 Å². The van der Waals surface area contributed by atoms with E-state index in [-0.39, 0.29) is 25.9 Å². The zero-order valence-electron chi connectivity index (χ0n) is 52.6. The summed E-state index contributed by atoms with van der Waals surface area (Å²) in [5.74, 6) is -3.08. The summed E-state index contributed by atoms with van der Waals surface area (Å²) in [6, 6.07) is 0. The average Bonchev–Trinajstić information content (AvgIpc) is 3.53. The lowest BCUT2D eigenvalue weighted by molar-refractivity contribution is -0.301. The predicted molar refractivity (Wildman–Crippen MR) is 331 cm³/mol. The molecule has 1 rings (SSSR count). The molecular weight excluding hydrogens is 1020 g/mol. The second-order valence-corrected chi connectivity index (χ2v) is 23.8. The number of hydrogen-bond donors (Lipinski definition) is 3. The molecule has 0 aromatic rings. The number of carbonyl (C=O) groups is 4. The topological polar surface area (TPSA) is 175 Å². The zero-order valence-corrected chi connectivity index (χ0v) is 52.6. The third-order valence-electron chi connectivity index (χ3n) is 16.0. The smallest absolute Gasteiger partial charge is 0.335 e. The van der Waals surface area contributed by atoms with E-state index < -0.39 is 67.3 Å². The fourth-order valence-corrected chi connectivity index (χ4v) is 10.8. The van der Waals surface area contributed by atoms with Crippen LogP contribution in [0.25, 0.3) is 0 Å². The molecule has 0 aromatic heterocycles. The number of carbonyl (C=O) groups excluding carboxylic acids is 3. The minimum atomic E-state index is -1.90. The van der Waals surface area contributed by atoms with Gasteiger partial charge in [-0.3, -0.25) is 14.4 Å². The SMILES string of the molecule is CCCCC/C=C\C/C=C\CCCCCCCCCC(=O)OC1C(OCC(COC(=O)CCCCCCCCCCCCCCCCCCCCC)OC(=O)CCCCCCCCCCCCCCCCC)OC(C(=O)O)C(O)C1O. The number of aliphatic carboxylic acids is 1. The Balaban J connectivity index is 2.62. The Labute approximate surface area is 496 Å². The number of aliphatic hydroxyl groups is 2. The lowest BCUT2D eigenvalue weighted by Gasteiger charge is -2.40. The minimum Gasteiger partial charge on any atom is -0.479 e. The number of carboxylic acid groups (broad SMARTS) is 1. The van der Waals surface area contributed by atoms with E-state index in [2.05, 4.69) is 45.1 Å². The fourth-order valence-electron chi connectivity index (χ4n) is 10.8. The maximum Gasteiger partial charge on any atom is 0.335 e. The molecule has 1 saturated heterocycles. The molecule has 3 N–H and O–H groups in total. The number of unbranched alkanes of at least 4 members (excludes halogenated alkanes) is 42. The van der Waals surface area contributed by atoms with Gasteiger partial charge in [-0.15, -0.1) is 0 Å². The molecule has 1 aliphatic heterocycles. The van der Waals surface area contributed by atoms with Gasteiger partial charge in [-0.1, -0.05) is 295 Å². The van der Waals surface area contributed by atoms with Crippen molar-refractivity contribution in [3.8, 4) is 0 Å². The molecule has 0 bridgehead atoms. The highest BCUT2D eigenvalue weighted by atomic mass is 16.7. The van der Waals surface area contributed by atoms with Crippen LogP contribution in [0.1, 0.15) is 342 Å². The summed E-state index contributed by atoms with van der Waals surface area (Å²) in [5, 5.41) is 31.6. The van der Waals surface area contributed by atoms with Crippen LogP contribution in [0.4, 0.5) is 0 Å². The molecule has 12 heteroatoms. The van der Waals surface area contributed by atoms with Gasteiger partial charge in [0.05, 0.1) is 6.61 Å². The molecule has 0 amide bonds. The van der Waals surface area contributed by atoms with Crippen LogP contribution in [0.5, 0.6) is 0 Å². The summed E-state index contributed by atoms with van der Waals surface area (Å²) < 4.78 is 28.6. The van der Waals surface area contributed by atoms with Crippen molar-refractivity contribution in [1.82, 2.24) is 0 Å². The van der Waals surface area contributed by atoms with Crippen LogP contribution in [0.3, 0.4) is 0 Å². The maximum atomic E-state index is 13.2. The molecule has 0 aliphatic carbocycles. The maximum absolute atomic E-state index is 13.2. The van der Waals surface area contributed by atoms with Crippen LogP contribution in [0.15, 0.2) is 24.3 Å². The van der Waals surface area contributed by atoms with Gasteiger partial charge in [0.2, 0.25) is 0 Å². The number of hydrogen-bond acceptors (Lipinski definition) is 11. The minimum absolute atomic E-state index is 0.0568. The molecule has 6 unspecified atom stereocenters. The van der Waals surface area contributed by atoms with Gasteiger partial charge in [-0.05, 0) is 51.4 Å². The highest BCUT2D eigenvalue weighted by Gasteiger charge is 2.50. The average molecular weight is 1150 g/mol. The van der Waals surface area contributed by atoms with Crippen molar-refractivity contribution in [3.05, 3.63) is 24.3 Å². The van der Waals surface area contributed by atoms with Crippen molar-refractivity contribution in [2.75, 3.05) is 13.2 Å². The van der Waals surface area contributed by atoms with E-state index in [1.54, 1.807) is 0 Å². The molecule has 0 aromatic carbocycles. The van der Waals surface area contributed by atoms with E-state index in [1.807, 2.05) is 0 Å². The molecule has 474 valence electrons. The first-order valence-corrected chi connectivity index (χ1v) is 34.3. The molecule has 81 heavy (non-hydrogen) atoms. The molecule has 0 spiro atoms. The van der Waals surface area contributed by atoms with Crippen molar-refractivity contribution >= 4 is 23.9 Å². The van der Waals surface area contributed by atoms with E-state index >= 15 is 0 Å². The van der Waals surface area contributed by atoms with Crippen molar-refractivity contribution in [3.63, 3.8) is 0 Å². The number of allylic oxidation sites excluding steroid dienone is 4. The van der Waals surface area contributed by atoms with Gasteiger partial charge in [0.1, 0.15) is 18.8 Å². The second-order valence-electron chi connectivity index (χ2n) is 23.8. The molecule has 0 radical (unpaired) electrons. The standard InChI is InChI=1S/C69H126O12/c1-4-7-10-13-16-19-22-25-28-30-31-33-35-37-40-43-46-49-52-55-61(70)77-58-60(79-62(71)56-53-50-47-44-41-38-34-27-24-21-18-15-12-9-6-3)59-78-69-67(65(74)64(73)66(81-69)68(75)76)80-63(72)57-54-51-48-45-42-39-36-32-29-26-23-20-17-14-11-8-5-2/h17,20,26,29,60,64-67,69,73-74H,4-16,18-19,21-25,27-28,30-59H2,1-3H3,(H,75,76)/b20-17-,29-26-. The Morgan fingerprint density at radius 3 is 1.14 bits per heavy atom. The summed E-state index contributed by atoms with van der Waals surface area (Å²) in [6.07, 6.45) is 55.6. The monoisotopic (exact) mass is 1150 g/mol. The van der Waals surface area contributed by atoms with Gasteiger partial charge >= 0.3 is 23.9 Å². The van der Waals surface area contributed by atoms with Crippen LogP contribution < -0.4 is 0 Å². The fraction of sp³-hybridized carbons (Fsp3) is 0.884. The van der Waals surface area contributed by atoms with Crippen molar-refractivity contribution < 1.29 is 58.2 Å². The molecule has 1 heterocycles. The van der Waals surface area contributed by atoms with Gasteiger partial charge in [0, 0.05) is 19.3 Å². The summed E-state index contributed by atoms with van der Waals surface area (Å²) in [5.41, 5.74) is 0. The number of rotatable bonds is 60. The molecule has 0 saturated carbocycles. The summed E-state index contributed by atoms with van der Waals surface area (Å²) in [7, 11) is 0. The number of ether oxygens (including phenoxy) is 5. The molecule has 1 aliphatic rings. The highest BCUT2D eigenvalue weighted by Crippen LogP contribution is 2.27. The first-order valence-electron chi connectivity index (χ1n) is 34.3. The Morgan fingerprint density at radius 1 is 0.407 bits per heavy atom. The Bertz CT molecular complexity index is 1500. The Morgan fingerprint density at radius 2 is 0.741 bits per heavy atom. The van der Waals surface area contributed by atoms with Gasteiger partial charge in [-0.2, -0.15) is 0 Å². The largest absolute Gasteiger partial charge is 0.479 e. The van der Waals surface area contributed by atoms with Gasteiger partial charge in [0.15, 0.2) is 24.6 Å². The van der Waals surface area contributed by atoms with Crippen molar-refractivity contribution in [1.29, 1.82) is 0 Å². The Hall–Kier alpha value is -2.80. The third-order valence-corrected chi connectivity index (χ3v) is 16.0. The third kappa shape index (κ3) is 47.2. The van der Waals surface area contributed by atoms with Gasteiger partial charge in [-0.25, -0.2) is 4.79 Å². The number of aliphatic hydroxyl groups excluding tert-OH is 2. The number of esters is 3. The van der Waals surface area contributed by atoms with Crippen molar-refractivity contribution in [2.45, 2.75) is 379 Å². The van der Waals surface area contributed by atoms with Gasteiger partial charge in [0.25, 0.3) is 0 Å². The second kappa shape index (κ2) is 57.6. The lowest BCUT2D eigenvalue weighted by atomic mass is 9.98. The van der Waals surface area contributed by atoms with E-state index in [0.29, 0.717) is 19.3 Å². The van der Waals surface area contributed by atoms with Crippen LogP contribution in [0.2, 0.25) is 0 Å². The summed E-state index contributed by atoms with van der Waals surface area (Å²) in [4.78, 5) is 51.4. The molecule has 12 nitrogen and oxygen atoms in total. The highest BCUT2D eigenvalue weighted by molar-refractivity contribution is 5.74. The predicted octanol–water partition coefficient (Wildman–Crippen LogP) is 18.6. The van der Waals surface area contributed by atoms with Gasteiger partial charge < -0.3 is 39.0 Å². The van der Waals surface area contributed by atoms with Crippen LogP contribution in [-0.2, 0) is 42.9 Å². The van der Waals surface area contributed by atoms with Crippen LogP contribution in [0, 0.1) is 0 Å². The van der Waals surface area contributed by atoms with E-state index in [9.17, 15) is 34.5 Å². The lowest BCUT2D eigenvalue weighted by Crippen LogP contribution is -2.61. The normalized spacial score (nSPS) is 17.8. The summed E-state index contributed by atoms with van der Waals surface area (Å²) >= 11 is 0. The quantitative estimate of drug-likeness (QED) is 0.0228. The first kappa shape index (κ1) is 76.2. The molecular formula is C69H126O12. The Kier molecular flexibility index (Phi) is 54.2. The summed E-state index contributed by atoms with van der Waals surface area (Å²) in [6.45, 7) is 6.04. The molecule has 1 fully saturated rings. The number of carboxylic acids is 1. The van der Waals surface area contributed by atoms with Crippen LogP contribution >= 0.6 is 0 Å². The first-order chi connectivity index (χ1) is 39.6. The van der Waals surface area contributed by atoms with E-state index in [0.717, 1.165) is 89.9 Å². The molecule has 6 atom stereocenters.